The summed E-state index contributed by atoms with van der Waals surface area (Å²) in [6.07, 6.45) is 1.19. The third-order valence-corrected chi connectivity index (χ3v) is 1.18. The van der Waals surface area contributed by atoms with Gasteiger partial charge in [0.25, 0.3) is 0 Å². The lowest BCUT2D eigenvalue weighted by Crippen LogP contribution is -2.10. The van der Waals surface area contributed by atoms with Crippen molar-refractivity contribution in [2.45, 2.75) is 33.1 Å². The summed E-state index contributed by atoms with van der Waals surface area (Å²) >= 11 is 0. The second kappa shape index (κ2) is 8.77. The van der Waals surface area contributed by atoms with Crippen LogP contribution in [0.1, 0.15) is 33.1 Å². The van der Waals surface area contributed by atoms with Crippen molar-refractivity contribution in [3.63, 3.8) is 0 Å². The van der Waals surface area contributed by atoms with Gasteiger partial charge in [0.2, 0.25) is 0 Å². The Balaban J connectivity index is 0. The Labute approximate surface area is 83.6 Å². The van der Waals surface area contributed by atoms with Crippen LogP contribution in [0.2, 0.25) is 0 Å². The number of ketones is 1. The molecule has 0 rings (SSSR count). The zero-order valence-corrected chi connectivity index (χ0v) is 7.05. The molecule has 4 heteroatoms. The van der Waals surface area contributed by atoms with Crippen LogP contribution in [0.25, 0.3) is 0 Å². The van der Waals surface area contributed by atoms with Crippen LogP contribution in [0.15, 0.2) is 0 Å². The van der Waals surface area contributed by atoms with E-state index in [2.05, 4.69) is 4.74 Å². The van der Waals surface area contributed by atoms with E-state index in [1.165, 1.54) is 0 Å². The maximum Gasteiger partial charge on any atom is 0.313 e. The molecule has 3 nitrogen and oxygen atoms in total. The zero-order valence-electron chi connectivity index (χ0n) is 7.05. The Kier molecular flexibility index (Phi) is 10.4. The Morgan fingerprint density at radius 2 is 1.83 bits per heavy atom. The lowest BCUT2D eigenvalue weighted by Gasteiger charge is -1.98. The summed E-state index contributed by atoms with van der Waals surface area (Å²) in [6, 6.07) is 0. The van der Waals surface area contributed by atoms with Gasteiger partial charge in [-0.25, -0.2) is 0 Å². The summed E-state index contributed by atoms with van der Waals surface area (Å²) in [6.45, 7) is 3.98. The highest BCUT2D eigenvalue weighted by Crippen LogP contribution is 1.95. The molecule has 0 aliphatic heterocycles. The molecular weight excluding hydrogens is 171 g/mol. The molecular formula is C8H17AlO3. The van der Waals surface area contributed by atoms with E-state index in [-0.39, 0.29) is 29.6 Å². The average molecular weight is 188 g/mol. The lowest BCUT2D eigenvalue weighted by atomic mass is 10.2. The van der Waals surface area contributed by atoms with E-state index in [4.69, 9.17) is 0 Å². The molecule has 70 valence electrons. The van der Waals surface area contributed by atoms with Crippen LogP contribution in [0.3, 0.4) is 0 Å². The normalized spacial score (nSPS) is 8.50. The van der Waals surface area contributed by atoms with Crippen LogP contribution in [0.4, 0.5) is 0 Å². The molecule has 0 amide bonds. The largest absolute Gasteiger partial charge is 0.466 e. The van der Waals surface area contributed by atoms with Crippen molar-refractivity contribution in [3.05, 3.63) is 0 Å². The Bertz CT molecular complexity index is 129. The summed E-state index contributed by atoms with van der Waals surface area (Å²) in [5.74, 6) is -0.447. The molecule has 0 bridgehead atoms. The van der Waals surface area contributed by atoms with Gasteiger partial charge in [-0.1, -0.05) is 6.92 Å². The molecule has 12 heavy (non-hydrogen) atoms. The lowest BCUT2D eigenvalue weighted by molar-refractivity contribution is -0.145. The fourth-order valence-corrected chi connectivity index (χ4v) is 0.740. The van der Waals surface area contributed by atoms with Gasteiger partial charge in [0.05, 0.1) is 6.61 Å². The smallest absolute Gasteiger partial charge is 0.313 e. The summed E-state index contributed by atoms with van der Waals surface area (Å²) < 4.78 is 4.60. The van der Waals surface area contributed by atoms with Gasteiger partial charge in [-0.05, 0) is 13.3 Å². The molecule has 0 radical (unpaired) electrons. The molecule has 0 aliphatic rings. The SMILES string of the molecule is CCCC(=O)CC(=O)OCC.[AlH3]. The third kappa shape index (κ3) is 7.78. The summed E-state index contributed by atoms with van der Waals surface area (Å²) in [7, 11) is 0. The van der Waals surface area contributed by atoms with Crippen LogP contribution in [0, 0.1) is 0 Å². The summed E-state index contributed by atoms with van der Waals surface area (Å²) in [4.78, 5) is 21.5. The fraction of sp³-hybridized carbons (Fsp3) is 0.750. The van der Waals surface area contributed by atoms with Crippen LogP contribution >= 0.6 is 0 Å². The number of rotatable bonds is 5. The average Bonchev–Trinajstić information content (AvgIpc) is 1.87. The minimum Gasteiger partial charge on any atom is -0.466 e. The molecule has 0 aromatic carbocycles. The van der Waals surface area contributed by atoms with Crippen LogP contribution in [0.5, 0.6) is 0 Å². The molecule has 0 aromatic rings. The second-order valence-corrected chi connectivity index (χ2v) is 2.27. The van der Waals surface area contributed by atoms with Crippen LogP contribution < -0.4 is 0 Å². The van der Waals surface area contributed by atoms with Crippen molar-refractivity contribution >= 4 is 29.1 Å². The van der Waals surface area contributed by atoms with E-state index in [1.54, 1.807) is 6.92 Å². The van der Waals surface area contributed by atoms with Gasteiger partial charge in [0.1, 0.15) is 12.2 Å². The number of carbonyl (C=O) groups excluding carboxylic acids is 2. The molecule has 0 saturated carbocycles. The number of ether oxygens (including phenoxy) is 1. The first kappa shape index (κ1) is 14.2. The minimum atomic E-state index is -0.411. The number of hydrogen-bond donors (Lipinski definition) is 0. The Hall–Kier alpha value is -0.328. The van der Waals surface area contributed by atoms with Crippen molar-refractivity contribution < 1.29 is 14.3 Å². The highest BCUT2D eigenvalue weighted by atomic mass is 27.0. The summed E-state index contributed by atoms with van der Waals surface area (Å²) in [5, 5.41) is 0. The van der Waals surface area contributed by atoms with Gasteiger partial charge >= 0.3 is 5.97 Å². The molecule has 0 heterocycles. The molecule has 0 fully saturated rings. The van der Waals surface area contributed by atoms with Crippen molar-refractivity contribution in [1.29, 1.82) is 0 Å². The molecule has 0 saturated heterocycles. The number of carbonyl (C=O) groups is 2. The molecule has 0 atom stereocenters. The highest BCUT2D eigenvalue weighted by molar-refractivity contribution is 5.95. The summed E-state index contributed by atoms with van der Waals surface area (Å²) in [5.41, 5.74) is 0. The van der Waals surface area contributed by atoms with Gasteiger partial charge in [-0.15, -0.1) is 0 Å². The predicted molar refractivity (Wildman–Crippen MR) is 51.1 cm³/mol. The standard InChI is InChI=1S/C8H14O3.Al.3H/c1-3-5-7(9)6-8(10)11-4-2;;;;/h3-6H2,1-2H3;;;;. The first-order valence-electron chi connectivity index (χ1n) is 3.88. The monoisotopic (exact) mass is 188 g/mol. The first-order chi connectivity index (χ1) is 5.20. The van der Waals surface area contributed by atoms with Crippen molar-refractivity contribution in [3.8, 4) is 0 Å². The number of Topliss-reactive ketones (excluding diaryl/α,β-unsaturated/α-hetero) is 1. The predicted octanol–water partition coefficient (Wildman–Crippen LogP) is 0.125. The maximum absolute atomic E-state index is 10.8. The molecule has 0 aliphatic carbocycles. The highest BCUT2D eigenvalue weighted by Gasteiger charge is 2.07. The van der Waals surface area contributed by atoms with E-state index in [0.717, 1.165) is 6.42 Å². The second-order valence-electron chi connectivity index (χ2n) is 2.27. The van der Waals surface area contributed by atoms with Crippen molar-refractivity contribution in [2.75, 3.05) is 6.61 Å². The van der Waals surface area contributed by atoms with Gasteiger partial charge in [-0.3, -0.25) is 9.59 Å². The number of hydrogen-bond acceptors (Lipinski definition) is 3. The van der Waals surface area contributed by atoms with Gasteiger partial charge in [0.15, 0.2) is 17.4 Å². The minimum absolute atomic E-state index is 0. The third-order valence-electron chi connectivity index (χ3n) is 1.18. The Morgan fingerprint density at radius 1 is 1.25 bits per heavy atom. The van der Waals surface area contributed by atoms with Crippen LogP contribution in [-0.4, -0.2) is 35.7 Å². The quantitative estimate of drug-likeness (QED) is 0.350. The van der Waals surface area contributed by atoms with E-state index in [0.29, 0.717) is 13.0 Å². The van der Waals surface area contributed by atoms with Gasteiger partial charge < -0.3 is 4.74 Å². The molecule has 0 N–H and O–H groups in total. The van der Waals surface area contributed by atoms with Crippen molar-refractivity contribution in [1.82, 2.24) is 0 Å². The van der Waals surface area contributed by atoms with E-state index < -0.39 is 5.97 Å². The van der Waals surface area contributed by atoms with Crippen LogP contribution in [-0.2, 0) is 14.3 Å². The van der Waals surface area contributed by atoms with E-state index >= 15 is 0 Å². The van der Waals surface area contributed by atoms with Gasteiger partial charge in [0, 0.05) is 6.42 Å². The molecule has 0 aromatic heterocycles. The van der Waals surface area contributed by atoms with Gasteiger partial charge in [-0.2, -0.15) is 0 Å². The first-order valence-corrected chi connectivity index (χ1v) is 3.88. The van der Waals surface area contributed by atoms with Crippen molar-refractivity contribution in [2.24, 2.45) is 0 Å². The molecule has 0 unspecified atom stereocenters. The maximum atomic E-state index is 10.8. The Morgan fingerprint density at radius 3 is 2.25 bits per heavy atom. The zero-order chi connectivity index (χ0) is 8.69. The number of esters is 1. The van der Waals surface area contributed by atoms with E-state index in [9.17, 15) is 9.59 Å². The topological polar surface area (TPSA) is 43.4 Å². The molecule has 0 spiro atoms. The van der Waals surface area contributed by atoms with E-state index in [1.807, 2.05) is 6.92 Å². The fourth-order valence-electron chi connectivity index (χ4n) is 0.740.